The van der Waals surface area contributed by atoms with Crippen LogP contribution in [0.2, 0.25) is 0 Å². The minimum atomic E-state index is -0.221. The Morgan fingerprint density at radius 2 is 1.12 bits per heavy atom. The number of benzene rings is 5. The van der Waals surface area contributed by atoms with Gasteiger partial charge in [0.15, 0.2) is 17.5 Å². The molecule has 0 amide bonds. The molecule has 0 N–H and O–H groups in total. The number of rotatable bonds is 9. The SMILES string of the molecule is C=C/C=C(\C=C/C)c1ccc(-c2nc(-c3ccccc3)nc(-c3ccc(C(C)(C)c4ccc(-c5cccc6cccnc56)cc4)cc3)n2)cc1. The Morgan fingerprint density at radius 3 is 1.70 bits per heavy atom. The van der Waals surface area contributed by atoms with E-state index in [-0.39, 0.29) is 5.41 Å². The van der Waals surface area contributed by atoms with Crippen LogP contribution >= 0.6 is 0 Å². The van der Waals surface area contributed by atoms with Crippen molar-refractivity contribution in [2.75, 3.05) is 0 Å². The molecule has 0 aliphatic heterocycles. The largest absolute Gasteiger partial charge is 0.256 e. The van der Waals surface area contributed by atoms with E-state index in [2.05, 4.69) is 129 Å². The predicted octanol–water partition coefficient (Wildman–Crippen LogP) is 11.6. The van der Waals surface area contributed by atoms with Crippen LogP contribution in [0.5, 0.6) is 0 Å². The van der Waals surface area contributed by atoms with Gasteiger partial charge in [0, 0.05) is 39.3 Å². The number of allylic oxidation sites excluding steroid dienone is 5. The molecule has 5 aromatic carbocycles. The fourth-order valence-electron chi connectivity index (χ4n) is 6.32. The van der Waals surface area contributed by atoms with Crippen molar-refractivity contribution >= 4 is 16.5 Å². The smallest absolute Gasteiger partial charge is 0.164 e. The van der Waals surface area contributed by atoms with Crippen molar-refractivity contribution in [2.45, 2.75) is 26.2 Å². The molecule has 0 spiro atoms. The van der Waals surface area contributed by atoms with E-state index in [4.69, 9.17) is 15.0 Å². The molecule has 4 nitrogen and oxygen atoms in total. The van der Waals surface area contributed by atoms with E-state index >= 15 is 0 Å². The highest BCUT2D eigenvalue weighted by Crippen LogP contribution is 2.35. The minimum Gasteiger partial charge on any atom is -0.256 e. The molecule has 0 atom stereocenters. The van der Waals surface area contributed by atoms with Gasteiger partial charge in [-0.3, -0.25) is 4.98 Å². The monoisotopic (exact) mass is 646 g/mol. The second-order valence-corrected chi connectivity index (χ2v) is 12.8. The summed E-state index contributed by atoms with van der Waals surface area (Å²) in [5, 5.41) is 1.14. The van der Waals surface area contributed by atoms with Gasteiger partial charge in [-0.1, -0.05) is 172 Å². The van der Waals surface area contributed by atoms with Crippen molar-refractivity contribution < 1.29 is 0 Å². The predicted molar refractivity (Wildman–Crippen MR) is 208 cm³/mol. The van der Waals surface area contributed by atoms with Crippen molar-refractivity contribution in [1.29, 1.82) is 0 Å². The van der Waals surface area contributed by atoms with Gasteiger partial charge in [-0.05, 0) is 40.8 Å². The van der Waals surface area contributed by atoms with Gasteiger partial charge in [-0.2, -0.15) is 0 Å². The molecule has 4 heteroatoms. The molecule has 2 aromatic heterocycles. The molecule has 0 bridgehead atoms. The topological polar surface area (TPSA) is 51.6 Å². The van der Waals surface area contributed by atoms with Crippen LogP contribution < -0.4 is 0 Å². The zero-order chi connectivity index (χ0) is 34.5. The summed E-state index contributed by atoms with van der Waals surface area (Å²) in [6, 6.07) is 46.3. The highest BCUT2D eigenvalue weighted by molar-refractivity contribution is 5.93. The second kappa shape index (κ2) is 14.1. The standard InChI is InChI=1S/C46H38N4/c1-5-12-32(13-6-2)33-19-21-37(22-20-33)44-48-43(36-14-8-7-9-15-36)49-45(50-44)38-25-29-40(30-26-38)46(3,4)39-27-23-34(24-28-39)41-18-10-16-35-17-11-31-47-42(35)41/h5-31H,1H2,2-4H3/b13-6-,32-12+. The lowest BCUT2D eigenvalue weighted by atomic mass is 9.77. The van der Waals surface area contributed by atoms with Gasteiger partial charge in [0.2, 0.25) is 0 Å². The molecule has 0 aliphatic rings. The van der Waals surface area contributed by atoms with E-state index in [0.717, 1.165) is 49.9 Å². The Morgan fingerprint density at radius 1 is 0.580 bits per heavy atom. The highest BCUT2D eigenvalue weighted by atomic mass is 15.0. The first kappa shape index (κ1) is 32.3. The quantitative estimate of drug-likeness (QED) is 0.146. The summed E-state index contributed by atoms with van der Waals surface area (Å²) < 4.78 is 0. The summed E-state index contributed by atoms with van der Waals surface area (Å²) in [7, 11) is 0. The van der Waals surface area contributed by atoms with Gasteiger partial charge in [-0.25, -0.2) is 15.0 Å². The third-order valence-corrected chi connectivity index (χ3v) is 9.20. The number of fused-ring (bicyclic) bond motifs is 1. The second-order valence-electron chi connectivity index (χ2n) is 12.8. The van der Waals surface area contributed by atoms with Crippen molar-refractivity contribution in [3.05, 3.63) is 187 Å². The molecule has 7 rings (SSSR count). The van der Waals surface area contributed by atoms with Crippen LogP contribution in [0.25, 0.3) is 61.8 Å². The molecule has 242 valence electrons. The Balaban J connectivity index is 1.20. The van der Waals surface area contributed by atoms with Crippen LogP contribution in [-0.2, 0) is 5.41 Å². The van der Waals surface area contributed by atoms with E-state index in [1.54, 1.807) is 6.08 Å². The van der Waals surface area contributed by atoms with E-state index in [1.165, 1.54) is 11.1 Å². The van der Waals surface area contributed by atoms with Crippen LogP contribution in [0.3, 0.4) is 0 Å². The maximum absolute atomic E-state index is 4.98. The van der Waals surface area contributed by atoms with Crippen molar-refractivity contribution in [2.24, 2.45) is 0 Å². The lowest BCUT2D eigenvalue weighted by Crippen LogP contribution is -2.18. The highest BCUT2D eigenvalue weighted by Gasteiger charge is 2.24. The molecule has 50 heavy (non-hydrogen) atoms. The fraction of sp³-hybridized carbons (Fsp3) is 0.0870. The summed E-state index contributed by atoms with van der Waals surface area (Å²) in [6.07, 6.45) is 9.78. The van der Waals surface area contributed by atoms with Crippen LogP contribution in [0.1, 0.15) is 37.5 Å². The van der Waals surface area contributed by atoms with Gasteiger partial charge >= 0.3 is 0 Å². The molecule has 2 heterocycles. The molecule has 0 unspecified atom stereocenters. The Hall–Kier alpha value is -6.26. The summed E-state index contributed by atoms with van der Waals surface area (Å²) >= 11 is 0. The Labute approximate surface area is 294 Å². The minimum absolute atomic E-state index is 0.221. The lowest BCUT2D eigenvalue weighted by Gasteiger charge is -2.26. The molecule has 0 saturated carbocycles. The summed E-state index contributed by atoms with van der Waals surface area (Å²) in [4.78, 5) is 19.5. The molecule has 0 fully saturated rings. The summed E-state index contributed by atoms with van der Waals surface area (Å²) in [6.45, 7) is 10.4. The van der Waals surface area contributed by atoms with E-state index in [1.807, 2.05) is 61.7 Å². The molecule has 0 saturated heterocycles. The summed E-state index contributed by atoms with van der Waals surface area (Å²) in [5.41, 5.74) is 10.5. The molecule has 0 aliphatic carbocycles. The molecule has 7 aromatic rings. The van der Waals surface area contributed by atoms with Gasteiger partial charge in [-0.15, -0.1) is 0 Å². The number of aromatic nitrogens is 4. The van der Waals surface area contributed by atoms with Crippen molar-refractivity contribution in [3.8, 4) is 45.3 Å². The van der Waals surface area contributed by atoms with Crippen molar-refractivity contribution in [3.63, 3.8) is 0 Å². The van der Waals surface area contributed by atoms with Crippen LogP contribution in [-0.4, -0.2) is 19.9 Å². The van der Waals surface area contributed by atoms with Gasteiger partial charge in [0.05, 0.1) is 5.52 Å². The Kier molecular flexibility index (Phi) is 9.09. The average molecular weight is 647 g/mol. The first-order chi connectivity index (χ1) is 24.4. The zero-order valence-corrected chi connectivity index (χ0v) is 28.6. The van der Waals surface area contributed by atoms with Crippen LogP contribution in [0.4, 0.5) is 0 Å². The van der Waals surface area contributed by atoms with E-state index in [0.29, 0.717) is 17.5 Å². The van der Waals surface area contributed by atoms with Crippen LogP contribution in [0.15, 0.2) is 171 Å². The van der Waals surface area contributed by atoms with Crippen LogP contribution in [0, 0.1) is 0 Å². The number of hydrogen-bond acceptors (Lipinski definition) is 4. The lowest BCUT2D eigenvalue weighted by molar-refractivity contribution is 0.641. The van der Waals surface area contributed by atoms with E-state index < -0.39 is 0 Å². The number of hydrogen-bond donors (Lipinski definition) is 0. The van der Waals surface area contributed by atoms with Crippen molar-refractivity contribution in [1.82, 2.24) is 19.9 Å². The maximum atomic E-state index is 4.98. The fourth-order valence-corrected chi connectivity index (χ4v) is 6.32. The molecular formula is C46H38N4. The third kappa shape index (κ3) is 6.56. The van der Waals surface area contributed by atoms with Gasteiger partial charge < -0.3 is 0 Å². The average Bonchev–Trinajstić information content (AvgIpc) is 3.18. The number of nitrogens with zero attached hydrogens (tertiary/aromatic N) is 4. The Bertz CT molecular complexity index is 2330. The number of para-hydroxylation sites is 1. The first-order valence-electron chi connectivity index (χ1n) is 16.9. The first-order valence-corrected chi connectivity index (χ1v) is 16.9. The summed E-state index contributed by atoms with van der Waals surface area (Å²) in [5.74, 6) is 1.91. The third-order valence-electron chi connectivity index (χ3n) is 9.20. The van der Waals surface area contributed by atoms with E-state index in [9.17, 15) is 0 Å². The van der Waals surface area contributed by atoms with Gasteiger partial charge in [0.25, 0.3) is 0 Å². The zero-order valence-electron chi connectivity index (χ0n) is 28.6. The van der Waals surface area contributed by atoms with Gasteiger partial charge in [0.1, 0.15) is 0 Å². The maximum Gasteiger partial charge on any atom is 0.164 e. The number of pyridine rings is 1. The molecule has 0 radical (unpaired) electrons. The normalized spacial score (nSPS) is 12.0. The molecular weight excluding hydrogens is 609 g/mol.